The highest BCUT2D eigenvalue weighted by Gasteiger charge is 2.18. The highest BCUT2D eigenvalue weighted by molar-refractivity contribution is 5.90. The van der Waals surface area contributed by atoms with Crippen molar-refractivity contribution in [2.24, 2.45) is 5.10 Å². The molecule has 1 aromatic heterocycles. The maximum absolute atomic E-state index is 11.8. The van der Waals surface area contributed by atoms with Crippen molar-refractivity contribution in [1.82, 2.24) is 9.99 Å². The number of urea groups is 1. The Balaban J connectivity index is 1.58. The van der Waals surface area contributed by atoms with Crippen molar-refractivity contribution in [2.45, 2.75) is 39.3 Å². The Bertz CT molecular complexity index is 746. The lowest BCUT2D eigenvalue weighted by Crippen LogP contribution is -2.24. The molecule has 2 aromatic rings. The quantitative estimate of drug-likeness (QED) is 0.647. The second-order valence-corrected chi connectivity index (χ2v) is 6.26. The van der Waals surface area contributed by atoms with Crippen LogP contribution in [0, 0.1) is 13.8 Å². The van der Waals surface area contributed by atoms with Gasteiger partial charge >= 0.3 is 6.03 Å². The lowest BCUT2D eigenvalue weighted by molar-refractivity contribution is 0.0962. The topological polar surface area (TPSA) is 67.7 Å². The molecule has 132 valence electrons. The normalized spacial score (nSPS) is 17.1. The molecule has 1 aliphatic rings. The van der Waals surface area contributed by atoms with E-state index in [9.17, 15) is 4.79 Å². The molecular weight excluding hydrogens is 316 g/mol. The second kappa shape index (κ2) is 7.98. The van der Waals surface area contributed by atoms with Crippen LogP contribution in [0.5, 0.6) is 0 Å². The molecule has 0 saturated carbocycles. The average molecular weight is 340 g/mol. The summed E-state index contributed by atoms with van der Waals surface area (Å²) in [5, 5.41) is 6.78. The van der Waals surface area contributed by atoms with Crippen LogP contribution < -0.4 is 10.7 Å². The van der Waals surface area contributed by atoms with Gasteiger partial charge in [-0.15, -0.1) is 0 Å². The van der Waals surface area contributed by atoms with Gasteiger partial charge in [0, 0.05) is 35.8 Å². The van der Waals surface area contributed by atoms with E-state index in [0.29, 0.717) is 6.10 Å². The van der Waals surface area contributed by atoms with Gasteiger partial charge in [-0.1, -0.05) is 18.2 Å². The Labute approximate surface area is 147 Å². The van der Waals surface area contributed by atoms with E-state index in [0.717, 1.165) is 42.9 Å². The van der Waals surface area contributed by atoms with Gasteiger partial charge in [0.15, 0.2) is 0 Å². The fraction of sp³-hybridized carbons (Fsp3) is 0.368. The standard InChI is InChI=1S/C19H24N4O2/c1-14-11-16(15(2)23(14)13-18-9-6-10-25-18)12-20-22-19(24)21-17-7-4-3-5-8-17/h3-5,7-8,11-12,18H,6,9-10,13H2,1-2H3,(H2,21,22,24)/b20-12-/t18-/m0/s1. The summed E-state index contributed by atoms with van der Waals surface area (Å²) in [5.41, 5.74) is 6.51. The third kappa shape index (κ3) is 4.48. The molecule has 2 amide bonds. The molecule has 6 heteroatoms. The number of hydrogen-bond acceptors (Lipinski definition) is 3. The number of carbonyl (C=O) groups is 1. The fourth-order valence-electron chi connectivity index (χ4n) is 3.07. The van der Waals surface area contributed by atoms with Crippen molar-refractivity contribution in [1.29, 1.82) is 0 Å². The van der Waals surface area contributed by atoms with Crippen molar-refractivity contribution in [3.05, 3.63) is 53.3 Å². The van der Waals surface area contributed by atoms with E-state index in [2.05, 4.69) is 40.3 Å². The van der Waals surface area contributed by atoms with Crippen LogP contribution in [-0.2, 0) is 11.3 Å². The molecular formula is C19H24N4O2. The molecule has 1 fully saturated rings. The molecule has 2 N–H and O–H groups in total. The van der Waals surface area contributed by atoms with Crippen LogP contribution in [-0.4, -0.2) is 29.5 Å². The number of benzene rings is 1. The van der Waals surface area contributed by atoms with Gasteiger partial charge in [0.2, 0.25) is 0 Å². The monoisotopic (exact) mass is 340 g/mol. The molecule has 0 unspecified atom stereocenters. The smallest absolute Gasteiger partial charge is 0.339 e. The van der Waals surface area contributed by atoms with Crippen LogP contribution >= 0.6 is 0 Å². The maximum Gasteiger partial charge on any atom is 0.339 e. The summed E-state index contributed by atoms with van der Waals surface area (Å²) in [6, 6.07) is 11.0. The van der Waals surface area contributed by atoms with Gasteiger partial charge < -0.3 is 14.6 Å². The summed E-state index contributed by atoms with van der Waals surface area (Å²) < 4.78 is 7.98. The number of rotatable bonds is 5. The summed E-state index contributed by atoms with van der Waals surface area (Å²) in [6.07, 6.45) is 4.23. The van der Waals surface area contributed by atoms with Gasteiger partial charge in [-0.2, -0.15) is 5.10 Å². The fourth-order valence-corrected chi connectivity index (χ4v) is 3.07. The SMILES string of the molecule is Cc1cc(/C=N\NC(=O)Nc2ccccc2)c(C)n1C[C@@H]1CCCO1. The van der Waals surface area contributed by atoms with Crippen LogP contribution in [0.3, 0.4) is 0 Å². The number of ether oxygens (including phenoxy) is 1. The van der Waals surface area contributed by atoms with Crippen LogP contribution in [0.25, 0.3) is 0 Å². The summed E-state index contributed by atoms with van der Waals surface area (Å²) in [6.45, 7) is 5.87. The first-order valence-electron chi connectivity index (χ1n) is 8.57. The predicted octanol–water partition coefficient (Wildman–Crippen LogP) is 3.44. The zero-order chi connectivity index (χ0) is 17.6. The number of aryl methyl sites for hydroxylation is 1. The van der Waals surface area contributed by atoms with E-state index in [1.165, 1.54) is 5.69 Å². The summed E-state index contributed by atoms with van der Waals surface area (Å²) in [7, 11) is 0. The summed E-state index contributed by atoms with van der Waals surface area (Å²) in [5.74, 6) is 0. The van der Waals surface area contributed by atoms with Crippen molar-refractivity contribution in [2.75, 3.05) is 11.9 Å². The van der Waals surface area contributed by atoms with Crippen LogP contribution in [0.4, 0.5) is 10.5 Å². The Morgan fingerprint density at radius 1 is 1.36 bits per heavy atom. The van der Waals surface area contributed by atoms with E-state index in [1.54, 1.807) is 6.21 Å². The van der Waals surface area contributed by atoms with Crippen LogP contribution in [0.15, 0.2) is 41.5 Å². The number of amides is 2. The van der Waals surface area contributed by atoms with Crippen LogP contribution in [0.2, 0.25) is 0 Å². The summed E-state index contributed by atoms with van der Waals surface area (Å²) in [4.78, 5) is 11.8. The van der Waals surface area contributed by atoms with E-state index >= 15 is 0 Å². The largest absolute Gasteiger partial charge is 0.376 e. The molecule has 1 saturated heterocycles. The number of carbonyl (C=O) groups excluding carboxylic acids is 1. The zero-order valence-corrected chi connectivity index (χ0v) is 14.7. The minimum atomic E-state index is -0.365. The zero-order valence-electron chi connectivity index (χ0n) is 14.7. The average Bonchev–Trinajstić information content (AvgIpc) is 3.20. The maximum atomic E-state index is 11.8. The molecule has 1 aromatic carbocycles. The van der Waals surface area contributed by atoms with Gasteiger partial charge in [-0.3, -0.25) is 0 Å². The van der Waals surface area contributed by atoms with Gasteiger partial charge in [0.25, 0.3) is 0 Å². The first-order valence-corrected chi connectivity index (χ1v) is 8.57. The van der Waals surface area contributed by atoms with Gasteiger partial charge in [-0.05, 0) is 44.9 Å². The van der Waals surface area contributed by atoms with Gasteiger partial charge in [0.1, 0.15) is 0 Å². The molecule has 2 heterocycles. The Morgan fingerprint density at radius 2 is 2.16 bits per heavy atom. The van der Waals surface area contributed by atoms with Crippen molar-refractivity contribution in [3.63, 3.8) is 0 Å². The van der Waals surface area contributed by atoms with E-state index in [-0.39, 0.29) is 6.03 Å². The van der Waals surface area contributed by atoms with Gasteiger partial charge in [-0.25, -0.2) is 10.2 Å². The Morgan fingerprint density at radius 3 is 2.88 bits per heavy atom. The first-order chi connectivity index (χ1) is 12.1. The minimum Gasteiger partial charge on any atom is -0.376 e. The minimum absolute atomic E-state index is 0.296. The van der Waals surface area contributed by atoms with Crippen molar-refractivity contribution >= 4 is 17.9 Å². The summed E-state index contributed by atoms with van der Waals surface area (Å²) >= 11 is 0. The molecule has 0 bridgehead atoms. The number of aromatic nitrogens is 1. The van der Waals surface area contributed by atoms with Crippen LogP contribution in [0.1, 0.15) is 29.8 Å². The molecule has 1 atom stereocenters. The number of para-hydroxylation sites is 1. The van der Waals surface area contributed by atoms with Gasteiger partial charge in [0.05, 0.1) is 12.3 Å². The molecule has 25 heavy (non-hydrogen) atoms. The number of anilines is 1. The van der Waals surface area contributed by atoms with E-state index in [1.807, 2.05) is 30.3 Å². The lowest BCUT2D eigenvalue weighted by Gasteiger charge is -2.14. The highest BCUT2D eigenvalue weighted by atomic mass is 16.5. The Kier molecular flexibility index (Phi) is 5.50. The first kappa shape index (κ1) is 17.2. The molecule has 6 nitrogen and oxygen atoms in total. The predicted molar refractivity (Wildman–Crippen MR) is 99.1 cm³/mol. The lowest BCUT2D eigenvalue weighted by atomic mass is 10.2. The Hall–Kier alpha value is -2.60. The van der Waals surface area contributed by atoms with E-state index < -0.39 is 0 Å². The third-order valence-corrected chi connectivity index (χ3v) is 4.42. The molecule has 0 aliphatic carbocycles. The second-order valence-electron chi connectivity index (χ2n) is 6.26. The van der Waals surface area contributed by atoms with E-state index in [4.69, 9.17) is 4.74 Å². The van der Waals surface area contributed by atoms with Crippen molar-refractivity contribution in [3.8, 4) is 0 Å². The third-order valence-electron chi connectivity index (χ3n) is 4.42. The number of hydrogen-bond donors (Lipinski definition) is 2. The molecule has 1 aliphatic heterocycles. The number of nitrogens with one attached hydrogen (secondary N) is 2. The molecule has 3 rings (SSSR count). The molecule has 0 radical (unpaired) electrons. The number of nitrogens with zero attached hydrogens (tertiary/aromatic N) is 2. The number of hydrazone groups is 1. The molecule has 0 spiro atoms. The highest BCUT2D eigenvalue weighted by Crippen LogP contribution is 2.19. The van der Waals surface area contributed by atoms with Crippen molar-refractivity contribution < 1.29 is 9.53 Å².